The van der Waals surface area contributed by atoms with Crippen molar-refractivity contribution in [1.82, 2.24) is 34.2 Å². The smallest absolute Gasteiger partial charge is 0.308 e. The van der Waals surface area contributed by atoms with E-state index in [4.69, 9.17) is 9.72 Å². The van der Waals surface area contributed by atoms with Gasteiger partial charge in [0.15, 0.2) is 0 Å². The van der Waals surface area contributed by atoms with Gasteiger partial charge in [-0.25, -0.2) is 9.50 Å². The van der Waals surface area contributed by atoms with Gasteiger partial charge in [-0.15, -0.1) is 0 Å². The first-order chi connectivity index (χ1) is 15.6. The topological polar surface area (TPSA) is 92.1 Å². The summed E-state index contributed by atoms with van der Waals surface area (Å²) >= 11 is 0. The molecule has 0 aromatic carbocycles. The monoisotopic (exact) mass is 433 g/mol. The van der Waals surface area contributed by atoms with Crippen LogP contribution in [0.25, 0.3) is 28.0 Å². The van der Waals surface area contributed by atoms with Gasteiger partial charge in [-0.2, -0.15) is 15.3 Å². The lowest BCUT2D eigenvalue weighted by atomic mass is 9.80. The predicted octanol–water partition coefficient (Wildman–Crippen LogP) is 3.94. The van der Waals surface area contributed by atoms with Crippen LogP contribution in [-0.2, 0) is 9.53 Å². The number of methoxy groups -OCH3 is 1. The van der Waals surface area contributed by atoms with E-state index in [-0.39, 0.29) is 17.9 Å². The molecule has 0 saturated heterocycles. The van der Waals surface area contributed by atoms with Crippen molar-refractivity contribution >= 4 is 11.5 Å². The van der Waals surface area contributed by atoms with Crippen LogP contribution in [0.4, 0.5) is 0 Å². The molecule has 0 amide bonds. The molecule has 0 N–H and O–H groups in total. The summed E-state index contributed by atoms with van der Waals surface area (Å²) in [6, 6.07) is 2.55. The summed E-state index contributed by atoms with van der Waals surface area (Å²) in [5.41, 5.74) is 4.46. The Labute approximate surface area is 186 Å². The Morgan fingerprint density at radius 3 is 2.62 bits per heavy atom. The Morgan fingerprint density at radius 1 is 1.09 bits per heavy atom. The van der Waals surface area contributed by atoms with Gasteiger partial charge in [-0.1, -0.05) is 13.8 Å². The van der Waals surface area contributed by atoms with Crippen molar-refractivity contribution in [3.63, 3.8) is 0 Å². The lowest BCUT2D eigenvalue weighted by Gasteiger charge is -2.33. The van der Waals surface area contributed by atoms with Crippen LogP contribution >= 0.6 is 0 Å². The second-order valence-corrected chi connectivity index (χ2v) is 8.37. The largest absolute Gasteiger partial charge is 0.469 e. The SMILES string of the molecule is CCC(CC)n1cc(-c2nc(-c3cnn(C4CC(C(=O)OC)C4)c3)cn3nccc23)cn1. The van der Waals surface area contributed by atoms with Crippen molar-refractivity contribution in [2.45, 2.75) is 51.6 Å². The molecule has 1 fully saturated rings. The van der Waals surface area contributed by atoms with Gasteiger partial charge in [0, 0.05) is 23.5 Å². The highest BCUT2D eigenvalue weighted by Gasteiger charge is 2.36. The number of esters is 1. The summed E-state index contributed by atoms with van der Waals surface area (Å²) in [5.74, 6) is -0.174. The molecule has 4 aromatic heterocycles. The number of fused-ring (bicyclic) bond motifs is 1. The van der Waals surface area contributed by atoms with Crippen molar-refractivity contribution in [2.75, 3.05) is 7.11 Å². The second kappa shape index (κ2) is 8.22. The molecule has 9 nitrogen and oxygen atoms in total. The van der Waals surface area contributed by atoms with Gasteiger partial charge in [0.05, 0.1) is 66.8 Å². The van der Waals surface area contributed by atoms with Crippen molar-refractivity contribution in [1.29, 1.82) is 0 Å². The first kappa shape index (κ1) is 20.4. The number of carbonyl (C=O) groups is 1. The van der Waals surface area contributed by atoms with E-state index in [1.54, 1.807) is 6.20 Å². The van der Waals surface area contributed by atoms with Crippen molar-refractivity contribution in [3.05, 3.63) is 43.2 Å². The van der Waals surface area contributed by atoms with E-state index >= 15 is 0 Å². The number of hydrogen-bond acceptors (Lipinski definition) is 6. The zero-order valence-corrected chi connectivity index (χ0v) is 18.5. The Balaban J connectivity index is 1.46. The van der Waals surface area contributed by atoms with Crippen molar-refractivity contribution in [3.8, 4) is 22.5 Å². The summed E-state index contributed by atoms with van der Waals surface area (Å²) < 4.78 is 10.6. The Hall–Kier alpha value is -3.49. The molecule has 1 aliphatic rings. The molecule has 4 heterocycles. The molecule has 0 spiro atoms. The maximum Gasteiger partial charge on any atom is 0.308 e. The fourth-order valence-electron chi connectivity index (χ4n) is 4.43. The molecular formula is C23H27N7O2. The number of hydrogen-bond donors (Lipinski definition) is 0. The van der Waals surface area contributed by atoms with E-state index in [0.717, 1.165) is 53.7 Å². The van der Waals surface area contributed by atoms with E-state index < -0.39 is 0 Å². The van der Waals surface area contributed by atoms with E-state index in [1.807, 2.05) is 44.7 Å². The van der Waals surface area contributed by atoms with Gasteiger partial charge in [-0.05, 0) is 31.7 Å². The third-order valence-corrected chi connectivity index (χ3v) is 6.50. The van der Waals surface area contributed by atoms with Gasteiger partial charge in [-0.3, -0.25) is 14.2 Å². The summed E-state index contributed by atoms with van der Waals surface area (Å²) in [6.45, 7) is 4.35. The van der Waals surface area contributed by atoms with Crippen molar-refractivity contribution in [2.24, 2.45) is 5.92 Å². The number of rotatable bonds is 7. The molecule has 0 radical (unpaired) electrons. The number of aromatic nitrogens is 7. The molecule has 0 aliphatic heterocycles. The molecule has 32 heavy (non-hydrogen) atoms. The maximum absolute atomic E-state index is 11.7. The second-order valence-electron chi connectivity index (χ2n) is 8.37. The highest BCUT2D eigenvalue weighted by Crippen LogP contribution is 2.38. The minimum absolute atomic E-state index is 0.0330. The highest BCUT2D eigenvalue weighted by atomic mass is 16.5. The van der Waals surface area contributed by atoms with Crippen LogP contribution in [0.15, 0.2) is 43.2 Å². The zero-order chi connectivity index (χ0) is 22.2. The van der Waals surface area contributed by atoms with Gasteiger partial charge in [0.2, 0.25) is 0 Å². The third kappa shape index (κ3) is 3.47. The van der Waals surface area contributed by atoms with E-state index in [1.165, 1.54) is 7.11 Å². The molecule has 1 saturated carbocycles. The molecule has 0 atom stereocenters. The maximum atomic E-state index is 11.7. The molecule has 5 rings (SSSR count). The van der Waals surface area contributed by atoms with Gasteiger partial charge >= 0.3 is 5.97 Å². The van der Waals surface area contributed by atoms with Crippen LogP contribution < -0.4 is 0 Å². The normalized spacial score (nSPS) is 18.2. The van der Waals surface area contributed by atoms with Gasteiger partial charge in [0.1, 0.15) is 0 Å². The zero-order valence-electron chi connectivity index (χ0n) is 18.5. The summed E-state index contributed by atoms with van der Waals surface area (Å²) in [7, 11) is 1.44. The fourth-order valence-corrected chi connectivity index (χ4v) is 4.43. The molecule has 1 aliphatic carbocycles. The molecule has 166 valence electrons. The summed E-state index contributed by atoms with van der Waals surface area (Å²) in [4.78, 5) is 16.6. The summed E-state index contributed by atoms with van der Waals surface area (Å²) in [5, 5.41) is 13.6. The average molecular weight is 434 g/mol. The van der Waals surface area contributed by atoms with Crippen LogP contribution in [0.2, 0.25) is 0 Å². The number of ether oxygens (including phenoxy) is 1. The number of nitrogens with zero attached hydrogens (tertiary/aromatic N) is 7. The Bertz CT molecular complexity index is 1240. The fraction of sp³-hybridized carbons (Fsp3) is 0.435. The lowest BCUT2D eigenvalue weighted by Crippen LogP contribution is -2.33. The predicted molar refractivity (Wildman–Crippen MR) is 119 cm³/mol. The third-order valence-electron chi connectivity index (χ3n) is 6.50. The minimum Gasteiger partial charge on any atom is -0.469 e. The molecule has 4 aromatic rings. The summed E-state index contributed by atoms with van der Waals surface area (Å²) in [6.07, 6.45) is 15.0. The first-order valence-corrected chi connectivity index (χ1v) is 11.1. The minimum atomic E-state index is -0.141. The Kier molecular flexibility index (Phi) is 5.24. The van der Waals surface area contributed by atoms with Crippen LogP contribution in [0.5, 0.6) is 0 Å². The van der Waals surface area contributed by atoms with E-state index in [0.29, 0.717) is 6.04 Å². The van der Waals surface area contributed by atoms with E-state index in [9.17, 15) is 4.79 Å². The first-order valence-electron chi connectivity index (χ1n) is 11.1. The quantitative estimate of drug-likeness (QED) is 0.410. The molecular weight excluding hydrogens is 406 g/mol. The standard InChI is InChI=1S/C23H27N7O2/c1-4-18(5-2)28-13-17(11-26-28)22-21-6-7-24-30(21)14-20(27-22)16-10-25-29(12-16)19-8-15(9-19)23(31)32-3/h6-7,10-15,18-19H,4-5,8-9H2,1-3H3. The molecule has 0 bridgehead atoms. The van der Waals surface area contributed by atoms with Crippen molar-refractivity contribution < 1.29 is 9.53 Å². The number of carbonyl (C=O) groups excluding carboxylic acids is 1. The van der Waals surface area contributed by atoms with Crippen LogP contribution in [-0.4, -0.2) is 47.2 Å². The van der Waals surface area contributed by atoms with Gasteiger partial charge < -0.3 is 4.74 Å². The van der Waals surface area contributed by atoms with Crippen LogP contribution in [0.3, 0.4) is 0 Å². The molecule has 0 unspecified atom stereocenters. The van der Waals surface area contributed by atoms with Crippen LogP contribution in [0, 0.1) is 5.92 Å². The Morgan fingerprint density at radius 2 is 1.88 bits per heavy atom. The van der Waals surface area contributed by atoms with E-state index in [2.05, 4.69) is 35.3 Å². The molecule has 9 heteroatoms. The lowest BCUT2D eigenvalue weighted by molar-refractivity contribution is -0.149. The average Bonchev–Trinajstić information content (AvgIpc) is 3.53. The van der Waals surface area contributed by atoms with Crippen LogP contribution in [0.1, 0.15) is 51.6 Å². The van der Waals surface area contributed by atoms with Gasteiger partial charge in [0.25, 0.3) is 0 Å². The highest BCUT2D eigenvalue weighted by molar-refractivity contribution is 5.78.